The second-order valence-electron chi connectivity index (χ2n) is 7.33. The molecule has 0 unspecified atom stereocenters. The Morgan fingerprint density at radius 2 is 1.81 bits per heavy atom. The van der Waals surface area contributed by atoms with Crippen LogP contribution in [0.5, 0.6) is 5.75 Å². The van der Waals surface area contributed by atoms with E-state index >= 15 is 0 Å². The average Bonchev–Trinajstić information content (AvgIpc) is 3.40. The minimum atomic E-state index is -3.64. The molecule has 4 rings (SSSR count). The highest BCUT2D eigenvalue weighted by Gasteiger charge is 2.22. The van der Waals surface area contributed by atoms with Crippen LogP contribution in [0.4, 0.5) is 10.8 Å². The van der Waals surface area contributed by atoms with Gasteiger partial charge in [0.05, 0.1) is 4.90 Å². The number of benzene rings is 2. The fraction of sp³-hybridized carbons (Fsp3) is 0.273. The number of amides is 1. The molecule has 0 spiro atoms. The van der Waals surface area contributed by atoms with Crippen molar-refractivity contribution in [2.75, 3.05) is 16.2 Å². The molecule has 9 heteroatoms. The van der Waals surface area contributed by atoms with Gasteiger partial charge in [0.25, 0.3) is 10.0 Å². The Morgan fingerprint density at radius 1 is 1.13 bits per heavy atom. The molecule has 1 amide bonds. The van der Waals surface area contributed by atoms with Crippen LogP contribution >= 0.6 is 11.3 Å². The summed E-state index contributed by atoms with van der Waals surface area (Å²) in [7, 11) is -3.64. The Hall–Kier alpha value is -2.91. The zero-order valence-corrected chi connectivity index (χ0v) is 19.0. The minimum Gasteiger partial charge on any atom is -0.508 e. The standard InChI is InChI=1S/C13H13N3O3S2.C9H12O.H2/c17-12-2-1-8-16(12)10-3-5-11(6-4-10)21(18,19)15-13-14-7-9-20-13;1-7(2)8-3-5-9(10)6-4-8;/h3-7,9H,1-2,8H2,(H,14,15);3-7,10H,1-2H3;1H. The highest BCUT2D eigenvalue weighted by Crippen LogP contribution is 2.24. The van der Waals surface area contributed by atoms with Gasteiger partial charge < -0.3 is 10.0 Å². The SMILES string of the molecule is CC(C)c1ccc(O)cc1.O=C1CCCN1c1ccc(S(=O)(=O)Nc2nccs2)cc1.[HH]. The fourth-order valence-electron chi connectivity index (χ4n) is 3.03. The van der Waals surface area contributed by atoms with Crippen molar-refractivity contribution in [3.05, 3.63) is 65.7 Å². The van der Waals surface area contributed by atoms with Crippen LogP contribution < -0.4 is 9.62 Å². The molecule has 0 saturated carbocycles. The summed E-state index contributed by atoms with van der Waals surface area (Å²) in [6, 6.07) is 13.6. The lowest BCUT2D eigenvalue weighted by atomic mass is 10.0. The van der Waals surface area contributed by atoms with Gasteiger partial charge in [0.15, 0.2) is 5.13 Å². The predicted molar refractivity (Wildman–Crippen MR) is 125 cm³/mol. The first-order valence-electron chi connectivity index (χ1n) is 9.88. The molecule has 0 radical (unpaired) electrons. The Morgan fingerprint density at radius 3 is 2.32 bits per heavy atom. The lowest BCUT2D eigenvalue weighted by molar-refractivity contribution is -0.117. The average molecular weight is 462 g/mol. The molecule has 3 aromatic rings. The van der Waals surface area contributed by atoms with Crippen LogP contribution in [0.15, 0.2) is 65.0 Å². The second kappa shape index (κ2) is 9.93. The van der Waals surface area contributed by atoms with E-state index < -0.39 is 10.0 Å². The largest absolute Gasteiger partial charge is 0.508 e. The summed E-state index contributed by atoms with van der Waals surface area (Å²) in [6.07, 6.45) is 2.92. The Balaban J connectivity index is 0.000000280. The van der Waals surface area contributed by atoms with Gasteiger partial charge in [-0.05, 0) is 54.3 Å². The minimum absolute atomic E-state index is 0. The van der Waals surface area contributed by atoms with E-state index in [-0.39, 0.29) is 12.2 Å². The van der Waals surface area contributed by atoms with E-state index in [0.29, 0.717) is 29.8 Å². The summed E-state index contributed by atoms with van der Waals surface area (Å²) in [5, 5.41) is 11.0. The molecule has 31 heavy (non-hydrogen) atoms. The van der Waals surface area contributed by atoms with Crippen LogP contribution in [0.3, 0.4) is 0 Å². The highest BCUT2D eigenvalue weighted by molar-refractivity contribution is 7.93. The molecule has 1 fully saturated rings. The first-order valence-corrected chi connectivity index (χ1v) is 12.2. The maximum absolute atomic E-state index is 12.2. The van der Waals surface area contributed by atoms with Crippen molar-refractivity contribution in [2.45, 2.75) is 37.5 Å². The molecule has 0 bridgehead atoms. The molecule has 1 aliphatic rings. The van der Waals surface area contributed by atoms with E-state index in [1.54, 1.807) is 34.5 Å². The molecule has 2 N–H and O–H groups in total. The smallest absolute Gasteiger partial charge is 0.263 e. The highest BCUT2D eigenvalue weighted by atomic mass is 32.2. The number of nitrogens with zero attached hydrogens (tertiary/aromatic N) is 2. The van der Waals surface area contributed by atoms with E-state index in [4.69, 9.17) is 5.11 Å². The topological polar surface area (TPSA) is 99.6 Å². The fourth-order valence-corrected chi connectivity index (χ4v) is 4.82. The van der Waals surface area contributed by atoms with Crippen LogP contribution in [-0.2, 0) is 14.8 Å². The van der Waals surface area contributed by atoms with E-state index in [9.17, 15) is 13.2 Å². The third-order valence-electron chi connectivity index (χ3n) is 4.75. The van der Waals surface area contributed by atoms with Crippen LogP contribution in [0.2, 0.25) is 0 Å². The Labute approximate surface area is 187 Å². The van der Waals surface area contributed by atoms with Gasteiger partial charge in [-0.3, -0.25) is 9.52 Å². The van der Waals surface area contributed by atoms with Gasteiger partial charge in [0.1, 0.15) is 5.75 Å². The molecular weight excluding hydrogens is 434 g/mol. The predicted octanol–water partition coefficient (Wildman–Crippen LogP) is 4.83. The molecule has 0 atom stereocenters. The van der Waals surface area contributed by atoms with Gasteiger partial charge in [-0.2, -0.15) is 0 Å². The zero-order chi connectivity index (χ0) is 22.4. The molecule has 1 aromatic heterocycles. The first-order chi connectivity index (χ1) is 14.8. The summed E-state index contributed by atoms with van der Waals surface area (Å²) in [4.78, 5) is 17.4. The van der Waals surface area contributed by atoms with Crippen molar-refractivity contribution in [2.24, 2.45) is 0 Å². The molecule has 1 saturated heterocycles. The van der Waals surface area contributed by atoms with Gasteiger partial charge in [-0.15, -0.1) is 11.3 Å². The van der Waals surface area contributed by atoms with Gasteiger partial charge in [-0.25, -0.2) is 13.4 Å². The van der Waals surface area contributed by atoms with Crippen molar-refractivity contribution < 1.29 is 19.7 Å². The Kier molecular flexibility index (Phi) is 7.29. The van der Waals surface area contributed by atoms with Gasteiger partial charge >= 0.3 is 0 Å². The van der Waals surface area contributed by atoms with Crippen molar-refractivity contribution in [1.29, 1.82) is 0 Å². The number of aromatic hydroxyl groups is 1. The number of carbonyl (C=O) groups is 1. The van der Waals surface area contributed by atoms with E-state index in [0.717, 1.165) is 12.1 Å². The van der Waals surface area contributed by atoms with E-state index in [1.165, 1.54) is 35.2 Å². The third kappa shape index (κ3) is 6.05. The lowest BCUT2D eigenvalue weighted by Gasteiger charge is -2.16. The van der Waals surface area contributed by atoms with Crippen molar-refractivity contribution in [3.8, 4) is 5.75 Å². The summed E-state index contributed by atoms with van der Waals surface area (Å²) in [5.74, 6) is 0.955. The number of nitrogens with one attached hydrogen (secondary N) is 1. The maximum atomic E-state index is 12.2. The number of anilines is 2. The molecule has 0 aliphatic carbocycles. The quantitative estimate of drug-likeness (QED) is 0.567. The normalized spacial score (nSPS) is 13.8. The maximum Gasteiger partial charge on any atom is 0.263 e. The number of rotatable bonds is 5. The molecular formula is C22H27N3O4S2. The number of hydrogen-bond donors (Lipinski definition) is 2. The number of phenols is 1. The van der Waals surface area contributed by atoms with Crippen molar-refractivity contribution in [1.82, 2.24) is 4.98 Å². The van der Waals surface area contributed by atoms with Gasteiger partial charge in [0.2, 0.25) is 5.91 Å². The van der Waals surface area contributed by atoms with E-state index in [2.05, 4.69) is 23.6 Å². The molecule has 1 aliphatic heterocycles. The number of aromatic nitrogens is 1. The van der Waals surface area contributed by atoms with Crippen LogP contribution in [0, 0.1) is 0 Å². The van der Waals surface area contributed by atoms with Crippen LogP contribution in [0.1, 0.15) is 39.6 Å². The summed E-state index contributed by atoms with van der Waals surface area (Å²) in [5.41, 5.74) is 1.99. The molecule has 2 heterocycles. The Bertz CT molecular complexity index is 1100. The first kappa shape index (κ1) is 22.8. The molecule has 166 valence electrons. The van der Waals surface area contributed by atoms with Crippen LogP contribution in [-0.4, -0.2) is 31.0 Å². The van der Waals surface area contributed by atoms with Crippen molar-refractivity contribution >= 4 is 38.1 Å². The van der Waals surface area contributed by atoms with Gasteiger partial charge in [-0.1, -0.05) is 26.0 Å². The molecule has 7 nitrogen and oxygen atoms in total. The molecule has 2 aromatic carbocycles. The zero-order valence-electron chi connectivity index (χ0n) is 17.4. The number of hydrogen-bond acceptors (Lipinski definition) is 6. The van der Waals surface area contributed by atoms with Gasteiger partial charge in [0, 0.05) is 31.7 Å². The van der Waals surface area contributed by atoms with Crippen LogP contribution in [0.25, 0.3) is 0 Å². The van der Waals surface area contributed by atoms with Crippen molar-refractivity contribution in [3.63, 3.8) is 0 Å². The second-order valence-corrected chi connectivity index (χ2v) is 9.91. The number of thiazole rings is 1. The third-order valence-corrected chi connectivity index (χ3v) is 6.92. The monoisotopic (exact) mass is 461 g/mol. The summed E-state index contributed by atoms with van der Waals surface area (Å²) >= 11 is 1.21. The number of carbonyl (C=O) groups excluding carboxylic acids is 1. The lowest BCUT2D eigenvalue weighted by Crippen LogP contribution is -2.23. The number of sulfonamides is 1. The summed E-state index contributed by atoms with van der Waals surface area (Å²) in [6.45, 7) is 4.95. The summed E-state index contributed by atoms with van der Waals surface area (Å²) < 4.78 is 26.8. The van der Waals surface area contributed by atoms with E-state index in [1.807, 2.05) is 12.1 Å². The number of phenolic OH excluding ortho intramolecular Hbond substituents is 1.